The molecule has 3 nitrogen and oxygen atoms in total. The third kappa shape index (κ3) is 1.87. The maximum atomic E-state index is 9.37. The van der Waals surface area contributed by atoms with Gasteiger partial charge >= 0.3 is 6.61 Å². The van der Waals surface area contributed by atoms with Crippen LogP contribution >= 0.6 is 0 Å². The zero-order valence-corrected chi connectivity index (χ0v) is 3.18. The van der Waals surface area contributed by atoms with Crippen LogP contribution in [0.3, 0.4) is 0 Å². The Morgan fingerprint density at radius 3 is 2.33 bits per heavy atom. The molecule has 0 spiro atoms. The van der Waals surface area contributed by atoms with Gasteiger partial charge in [-0.1, -0.05) is 0 Å². The fourth-order valence-corrected chi connectivity index (χ4v) is 0.0417. The van der Waals surface area contributed by atoms with Gasteiger partial charge in [0.15, 0.2) is 5.71 Å². The predicted octanol–water partition coefficient (Wildman–Crippen LogP) is -0.911. The van der Waals surface area contributed by atoms with Crippen LogP contribution in [0.4, 0.5) is 0 Å². The van der Waals surface area contributed by atoms with E-state index in [-0.39, 0.29) is 0 Å². The van der Waals surface area contributed by atoms with Crippen molar-refractivity contribution in [1.29, 1.82) is 0 Å². The van der Waals surface area contributed by atoms with Crippen molar-refractivity contribution >= 4 is 5.71 Å². The molecule has 0 fully saturated rings. The fraction of sp³-hybridized carbons (Fsp3) is 0.667. The zero-order chi connectivity index (χ0) is 4.99. The molecule has 3 heteroatoms. The van der Waals surface area contributed by atoms with Crippen LogP contribution in [0.2, 0.25) is 0 Å². The molecule has 0 unspecified atom stereocenters. The Morgan fingerprint density at radius 1 is 1.83 bits per heavy atom. The van der Waals surface area contributed by atoms with Crippen LogP contribution in [-0.2, 0) is 10.2 Å². The van der Waals surface area contributed by atoms with Gasteiger partial charge in [-0.25, -0.2) is 5.11 Å². The van der Waals surface area contributed by atoms with Crippen molar-refractivity contribution in [2.24, 2.45) is 0 Å². The average molecular weight is 86.1 g/mol. The van der Waals surface area contributed by atoms with E-state index in [1.807, 2.05) is 0 Å². The van der Waals surface area contributed by atoms with E-state index in [0.717, 1.165) is 0 Å². The van der Waals surface area contributed by atoms with Crippen LogP contribution in [0.1, 0.15) is 0 Å². The van der Waals surface area contributed by atoms with Gasteiger partial charge in [-0.15, -0.1) is 5.41 Å². The standard InChI is InChI=1S/C3H4NO2/c4-3(1-5)2-6/h1-2H2/q+1. The highest BCUT2D eigenvalue weighted by Crippen LogP contribution is 1.60. The van der Waals surface area contributed by atoms with Crippen LogP contribution in [-0.4, -0.2) is 18.9 Å². The van der Waals surface area contributed by atoms with Crippen LogP contribution in [0, 0.1) is 0 Å². The molecule has 4 radical (unpaired) electrons. The highest BCUT2D eigenvalue weighted by molar-refractivity contribution is 5.84. The third-order valence-corrected chi connectivity index (χ3v) is 0.333. The molecular formula is C3H4NO2+. The largest absolute Gasteiger partial charge is 0.379 e. The molecular weight excluding hydrogens is 82.0 g/mol. The Bertz CT molecular complexity index is 46.8. The number of hydrogen-bond acceptors (Lipinski definition) is 0. The molecule has 0 heterocycles. The molecule has 0 N–H and O–H groups in total. The Hall–Kier alpha value is -0.410. The lowest BCUT2D eigenvalue weighted by atomic mass is 10.4. The first-order valence-corrected chi connectivity index (χ1v) is 1.51. The smallest absolute Gasteiger partial charge is 0.230 e. The lowest BCUT2D eigenvalue weighted by molar-refractivity contribution is 0.211. The molecule has 0 amide bonds. The molecule has 0 saturated heterocycles. The van der Waals surface area contributed by atoms with Crippen LogP contribution in [0.25, 0.3) is 0 Å². The number of nitrogens with zero attached hydrogens (tertiary/aromatic N) is 1. The second kappa shape index (κ2) is 2.81. The summed E-state index contributed by atoms with van der Waals surface area (Å²) in [4.78, 5) is 0. The quantitative estimate of drug-likeness (QED) is 0.308. The van der Waals surface area contributed by atoms with E-state index < -0.39 is 18.9 Å². The van der Waals surface area contributed by atoms with Gasteiger partial charge in [0.1, 0.15) is 6.61 Å². The summed E-state index contributed by atoms with van der Waals surface area (Å²) in [5.74, 6) is 0. The second-order valence-corrected chi connectivity index (χ2v) is 0.855. The molecule has 0 aromatic rings. The fourth-order valence-electron chi connectivity index (χ4n) is 0.0417. The Balaban J connectivity index is 2.99. The van der Waals surface area contributed by atoms with E-state index in [1.165, 1.54) is 0 Å². The van der Waals surface area contributed by atoms with Gasteiger partial charge in [-0.3, -0.25) is 0 Å². The Labute approximate surface area is 35.7 Å². The molecule has 0 aliphatic carbocycles. The predicted molar refractivity (Wildman–Crippen MR) is 18.2 cm³/mol. The maximum absolute atomic E-state index is 9.37. The van der Waals surface area contributed by atoms with Crippen molar-refractivity contribution in [3.63, 3.8) is 0 Å². The molecule has 0 aliphatic rings. The van der Waals surface area contributed by atoms with E-state index in [4.69, 9.17) is 5.41 Å². The van der Waals surface area contributed by atoms with Crippen LogP contribution in [0.15, 0.2) is 0 Å². The number of hydrogen-bond donors (Lipinski definition) is 0. The van der Waals surface area contributed by atoms with E-state index in [2.05, 4.69) is 0 Å². The van der Waals surface area contributed by atoms with Crippen LogP contribution < -0.4 is 5.41 Å². The molecule has 0 rings (SSSR count). The lowest BCUT2D eigenvalue weighted by Gasteiger charge is -1.69. The van der Waals surface area contributed by atoms with Gasteiger partial charge in [0, 0.05) is 0 Å². The summed E-state index contributed by atoms with van der Waals surface area (Å²) in [5, 5.41) is 26.7. The van der Waals surface area contributed by atoms with E-state index >= 15 is 0 Å². The topological polar surface area (TPSA) is 62.1 Å². The minimum atomic E-state index is -0.760. The van der Waals surface area contributed by atoms with Crippen molar-refractivity contribution in [1.82, 2.24) is 5.41 Å². The van der Waals surface area contributed by atoms with Gasteiger partial charge < -0.3 is 0 Å². The van der Waals surface area contributed by atoms with Gasteiger partial charge in [-0.2, -0.15) is 0 Å². The monoisotopic (exact) mass is 86.0 g/mol. The molecule has 0 saturated carbocycles. The lowest BCUT2D eigenvalue weighted by Crippen LogP contribution is -2.07. The first-order valence-electron chi connectivity index (χ1n) is 1.51. The van der Waals surface area contributed by atoms with Crippen molar-refractivity contribution < 1.29 is 10.2 Å². The molecule has 0 aromatic heterocycles. The average Bonchev–Trinajstić information content (AvgIpc) is 1.65. The summed E-state index contributed by atoms with van der Waals surface area (Å²) in [6, 6.07) is 0. The molecule has 0 aromatic carbocycles. The molecule has 0 bridgehead atoms. The van der Waals surface area contributed by atoms with Crippen molar-refractivity contribution in [3.8, 4) is 0 Å². The Morgan fingerprint density at radius 2 is 2.33 bits per heavy atom. The van der Waals surface area contributed by atoms with Crippen molar-refractivity contribution in [2.45, 2.75) is 0 Å². The molecule has 6 heavy (non-hydrogen) atoms. The summed E-state index contributed by atoms with van der Waals surface area (Å²) < 4.78 is 0. The van der Waals surface area contributed by atoms with E-state index in [1.54, 1.807) is 0 Å². The molecule has 32 valence electrons. The minimum Gasteiger partial charge on any atom is -0.230 e. The van der Waals surface area contributed by atoms with Gasteiger partial charge in [0.25, 0.3) is 5.11 Å². The molecule has 0 atom stereocenters. The van der Waals surface area contributed by atoms with Gasteiger partial charge in [0.2, 0.25) is 0 Å². The summed E-state index contributed by atoms with van der Waals surface area (Å²) in [7, 11) is 0. The van der Waals surface area contributed by atoms with Crippen LogP contribution in [0.5, 0.6) is 0 Å². The summed E-state index contributed by atoms with van der Waals surface area (Å²) in [6.07, 6.45) is 0. The highest BCUT2D eigenvalue weighted by atomic mass is 16.3. The normalized spacial score (nSPS) is 8.33. The zero-order valence-electron chi connectivity index (χ0n) is 3.18. The second-order valence-electron chi connectivity index (χ2n) is 0.855. The minimum absolute atomic E-state index is 0.519. The van der Waals surface area contributed by atoms with E-state index in [9.17, 15) is 10.2 Å². The van der Waals surface area contributed by atoms with Crippen molar-refractivity contribution in [2.75, 3.05) is 13.2 Å². The summed E-state index contributed by atoms with van der Waals surface area (Å²) in [6.45, 7) is -1.52. The first-order chi connectivity index (χ1) is 2.81. The Kier molecular flexibility index (Phi) is 2.62. The first kappa shape index (κ1) is 5.59. The maximum Gasteiger partial charge on any atom is 0.379 e. The number of rotatable bonds is 2. The van der Waals surface area contributed by atoms with Crippen molar-refractivity contribution in [3.05, 3.63) is 0 Å². The molecule has 0 aliphatic heterocycles. The SMILES string of the molecule is [N]=C(C[O])C[O+]. The van der Waals surface area contributed by atoms with Gasteiger partial charge in [-0.05, 0) is 0 Å². The summed E-state index contributed by atoms with van der Waals surface area (Å²) >= 11 is 0. The highest BCUT2D eigenvalue weighted by Gasteiger charge is 2.02. The van der Waals surface area contributed by atoms with E-state index in [0.29, 0.717) is 0 Å². The summed E-state index contributed by atoms with van der Waals surface area (Å²) in [5.41, 5.74) is -0.519. The third-order valence-electron chi connectivity index (χ3n) is 0.333. The van der Waals surface area contributed by atoms with Gasteiger partial charge in [0.05, 0.1) is 0 Å².